The Morgan fingerprint density at radius 2 is 1.79 bits per heavy atom. The second kappa shape index (κ2) is 4.54. The van der Waals surface area contributed by atoms with E-state index in [2.05, 4.69) is 0 Å². The lowest BCUT2D eigenvalue weighted by Gasteiger charge is -2.19. The molecule has 1 unspecified atom stereocenters. The van der Waals surface area contributed by atoms with Crippen LogP contribution in [0.25, 0.3) is 0 Å². The van der Waals surface area contributed by atoms with Crippen molar-refractivity contribution in [2.24, 2.45) is 0 Å². The van der Waals surface area contributed by atoms with Gasteiger partial charge in [0.1, 0.15) is 0 Å². The Bertz CT molecular complexity index is 267. The summed E-state index contributed by atoms with van der Waals surface area (Å²) in [5.74, 6) is -2.61. The molecule has 0 saturated heterocycles. The lowest BCUT2D eigenvalue weighted by Crippen LogP contribution is -2.17. The number of benzene rings is 1. The van der Waals surface area contributed by atoms with Gasteiger partial charge in [-0.15, -0.1) is 0 Å². The average Bonchev–Trinajstić information content (AvgIpc) is 2.19. The fourth-order valence-electron chi connectivity index (χ4n) is 1.49. The molecule has 14 heavy (non-hydrogen) atoms. The van der Waals surface area contributed by atoms with Gasteiger partial charge >= 0.3 is 0 Å². The molecule has 0 amide bonds. The highest BCUT2D eigenvalue weighted by Gasteiger charge is 2.28. The number of hydrogen-bond donors (Lipinski definition) is 0. The summed E-state index contributed by atoms with van der Waals surface area (Å²) in [6, 6.07) is 9.47. The molecule has 0 spiro atoms. The van der Waals surface area contributed by atoms with Gasteiger partial charge in [-0.2, -0.15) is 0 Å². The van der Waals surface area contributed by atoms with Gasteiger partial charge in [0, 0.05) is 12.8 Å². The van der Waals surface area contributed by atoms with Crippen LogP contribution in [0.5, 0.6) is 0 Å². The first-order chi connectivity index (χ1) is 6.55. The topological polar surface area (TPSA) is 0 Å². The van der Waals surface area contributed by atoms with Gasteiger partial charge in [0.05, 0.1) is 0 Å². The first kappa shape index (κ1) is 11.2. The molecule has 1 rings (SSSR count). The van der Waals surface area contributed by atoms with Crippen LogP contribution in [0.2, 0.25) is 0 Å². The van der Waals surface area contributed by atoms with E-state index in [4.69, 9.17) is 0 Å². The Balaban J connectivity index is 2.64. The normalized spacial score (nSPS) is 14.0. The maximum absolute atomic E-state index is 13.1. The second-order valence-electron chi connectivity index (χ2n) is 3.73. The standard InChI is InChI=1S/C12H16F2/c1-3-12(13,14)9-10(2)11-7-5-4-6-8-11/h4-8,10H,3,9H2,1-2H3. The molecule has 1 aromatic carbocycles. The molecule has 1 aromatic rings. The number of halogens is 2. The largest absolute Gasteiger partial charge is 0.248 e. The number of rotatable bonds is 4. The molecule has 0 aromatic heterocycles. The van der Waals surface area contributed by atoms with E-state index < -0.39 is 5.92 Å². The summed E-state index contributed by atoms with van der Waals surface area (Å²) in [5, 5.41) is 0. The molecule has 0 saturated carbocycles. The Morgan fingerprint density at radius 3 is 2.29 bits per heavy atom. The summed E-state index contributed by atoms with van der Waals surface area (Å²) in [6.07, 6.45) is -0.141. The zero-order valence-electron chi connectivity index (χ0n) is 8.63. The summed E-state index contributed by atoms with van der Waals surface area (Å²) < 4.78 is 26.2. The van der Waals surface area contributed by atoms with E-state index in [-0.39, 0.29) is 18.8 Å². The maximum Gasteiger partial charge on any atom is 0.248 e. The highest BCUT2D eigenvalue weighted by molar-refractivity contribution is 5.18. The number of hydrogen-bond acceptors (Lipinski definition) is 0. The monoisotopic (exact) mass is 198 g/mol. The number of alkyl halides is 2. The molecular weight excluding hydrogens is 182 g/mol. The van der Waals surface area contributed by atoms with Gasteiger partial charge in [-0.3, -0.25) is 0 Å². The molecule has 0 heterocycles. The van der Waals surface area contributed by atoms with Crippen LogP contribution >= 0.6 is 0 Å². The second-order valence-corrected chi connectivity index (χ2v) is 3.73. The van der Waals surface area contributed by atoms with E-state index in [0.29, 0.717) is 0 Å². The van der Waals surface area contributed by atoms with Crippen LogP contribution < -0.4 is 0 Å². The van der Waals surface area contributed by atoms with E-state index >= 15 is 0 Å². The summed E-state index contributed by atoms with van der Waals surface area (Å²) in [7, 11) is 0. The maximum atomic E-state index is 13.1. The van der Waals surface area contributed by atoms with Crippen LogP contribution in [0.15, 0.2) is 30.3 Å². The molecule has 0 radical (unpaired) electrons. The molecule has 0 aliphatic heterocycles. The average molecular weight is 198 g/mol. The van der Waals surface area contributed by atoms with Crippen LogP contribution in [-0.2, 0) is 0 Å². The van der Waals surface area contributed by atoms with Gasteiger partial charge in [-0.05, 0) is 11.5 Å². The van der Waals surface area contributed by atoms with E-state index in [0.717, 1.165) is 5.56 Å². The van der Waals surface area contributed by atoms with Crippen molar-refractivity contribution in [2.45, 2.75) is 38.5 Å². The fourth-order valence-corrected chi connectivity index (χ4v) is 1.49. The Hall–Kier alpha value is -0.920. The van der Waals surface area contributed by atoms with Crippen molar-refractivity contribution in [1.82, 2.24) is 0 Å². The fraction of sp³-hybridized carbons (Fsp3) is 0.500. The molecule has 0 N–H and O–H groups in total. The van der Waals surface area contributed by atoms with Gasteiger partial charge in [-0.25, -0.2) is 8.78 Å². The molecule has 0 bridgehead atoms. The quantitative estimate of drug-likeness (QED) is 0.679. The zero-order chi connectivity index (χ0) is 10.6. The van der Waals surface area contributed by atoms with E-state index in [1.165, 1.54) is 6.92 Å². The molecule has 78 valence electrons. The van der Waals surface area contributed by atoms with Crippen LogP contribution in [-0.4, -0.2) is 5.92 Å². The van der Waals surface area contributed by atoms with Crippen molar-refractivity contribution in [3.8, 4) is 0 Å². The predicted molar refractivity (Wildman–Crippen MR) is 54.7 cm³/mol. The molecule has 0 fully saturated rings. The highest BCUT2D eigenvalue weighted by atomic mass is 19.3. The van der Waals surface area contributed by atoms with Crippen molar-refractivity contribution in [3.63, 3.8) is 0 Å². The van der Waals surface area contributed by atoms with E-state index in [1.54, 1.807) is 0 Å². The minimum Gasteiger partial charge on any atom is -0.207 e. The van der Waals surface area contributed by atoms with Gasteiger partial charge < -0.3 is 0 Å². The third-order valence-corrected chi connectivity index (χ3v) is 2.49. The minimum absolute atomic E-state index is 0.0620. The van der Waals surface area contributed by atoms with Crippen molar-refractivity contribution >= 4 is 0 Å². The van der Waals surface area contributed by atoms with Crippen LogP contribution in [0.4, 0.5) is 8.78 Å². The molecular formula is C12H16F2. The lowest BCUT2D eigenvalue weighted by molar-refractivity contribution is -0.0166. The van der Waals surface area contributed by atoms with Crippen molar-refractivity contribution in [1.29, 1.82) is 0 Å². The molecule has 0 aliphatic carbocycles. The SMILES string of the molecule is CCC(F)(F)CC(C)c1ccccc1. The smallest absolute Gasteiger partial charge is 0.207 e. The van der Waals surface area contributed by atoms with Gasteiger partial charge in [0.15, 0.2) is 0 Å². The van der Waals surface area contributed by atoms with Crippen molar-refractivity contribution < 1.29 is 8.78 Å². The first-order valence-corrected chi connectivity index (χ1v) is 4.98. The summed E-state index contributed by atoms with van der Waals surface area (Å²) in [4.78, 5) is 0. The predicted octanol–water partition coefficient (Wildman–Crippen LogP) is 4.23. The first-order valence-electron chi connectivity index (χ1n) is 4.98. The molecule has 2 heteroatoms. The zero-order valence-corrected chi connectivity index (χ0v) is 8.63. The summed E-state index contributed by atoms with van der Waals surface area (Å²) in [6.45, 7) is 3.37. The Labute approximate surface area is 84.0 Å². The molecule has 0 aliphatic rings. The lowest BCUT2D eigenvalue weighted by atomic mass is 9.94. The highest BCUT2D eigenvalue weighted by Crippen LogP contribution is 2.31. The third-order valence-electron chi connectivity index (χ3n) is 2.49. The summed E-state index contributed by atoms with van der Waals surface area (Å²) >= 11 is 0. The minimum atomic E-state index is -2.53. The van der Waals surface area contributed by atoms with Gasteiger partial charge in [0.2, 0.25) is 5.92 Å². The molecule has 1 atom stereocenters. The summed E-state index contributed by atoms with van der Waals surface area (Å²) in [5.41, 5.74) is 0.987. The van der Waals surface area contributed by atoms with Gasteiger partial charge in [0.25, 0.3) is 0 Å². The van der Waals surface area contributed by atoms with Crippen molar-refractivity contribution in [2.75, 3.05) is 0 Å². The van der Waals surface area contributed by atoms with E-state index in [1.807, 2.05) is 37.3 Å². The van der Waals surface area contributed by atoms with Crippen molar-refractivity contribution in [3.05, 3.63) is 35.9 Å². The van der Waals surface area contributed by atoms with Crippen LogP contribution in [0.3, 0.4) is 0 Å². The van der Waals surface area contributed by atoms with Crippen LogP contribution in [0.1, 0.15) is 38.2 Å². The van der Waals surface area contributed by atoms with Crippen LogP contribution in [0, 0.1) is 0 Å². The van der Waals surface area contributed by atoms with Gasteiger partial charge in [-0.1, -0.05) is 44.2 Å². The Kier molecular flexibility index (Phi) is 3.62. The molecule has 0 nitrogen and oxygen atoms in total. The Morgan fingerprint density at radius 1 is 1.21 bits per heavy atom. The third kappa shape index (κ3) is 3.09. The van der Waals surface area contributed by atoms with E-state index in [9.17, 15) is 8.78 Å².